The first-order valence-corrected chi connectivity index (χ1v) is 8.15. The number of hydrogen-bond donors (Lipinski definition) is 0. The summed E-state index contributed by atoms with van der Waals surface area (Å²) >= 11 is 13.5. The van der Waals surface area contributed by atoms with Gasteiger partial charge in [-0.1, -0.05) is 29.3 Å². The van der Waals surface area contributed by atoms with Gasteiger partial charge in [0.2, 0.25) is 0 Å². The van der Waals surface area contributed by atoms with Crippen molar-refractivity contribution in [2.45, 2.75) is 6.54 Å². The lowest BCUT2D eigenvalue weighted by atomic mass is 10.3. The average molecular weight is 351 g/mol. The lowest BCUT2D eigenvalue weighted by Gasteiger charge is -2.04. The van der Waals surface area contributed by atoms with Gasteiger partial charge in [0.05, 0.1) is 27.7 Å². The molecule has 2 aromatic heterocycles. The van der Waals surface area contributed by atoms with Crippen molar-refractivity contribution in [1.82, 2.24) is 4.57 Å². The third-order valence-corrected chi connectivity index (χ3v) is 4.61. The second kappa shape index (κ2) is 6.57. The lowest BCUT2D eigenvalue weighted by molar-refractivity contribution is 0.574. The third kappa shape index (κ3) is 3.04. The van der Waals surface area contributed by atoms with Gasteiger partial charge >= 0.3 is 0 Å². The molecule has 0 bridgehead atoms. The number of aromatic nitrogens is 1. The zero-order chi connectivity index (χ0) is 15.5. The maximum absolute atomic E-state index is 6.04. The van der Waals surface area contributed by atoms with Crippen LogP contribution in [0, 0.1) is 0 Å². The fourth-order valence-corrected chi connectivity index (χ4v) is 3.22. The fraction of sp³-hybridized carbons (Fsp3) is 0.0625. The molecule has 0 saturated carbocycles. The summed E-state index contributed by atoms with van der Waals surface area (Å²) in [7, 11) is 0. The molecule has 6 heteroatoms. The van der Waals surface area contributed by atoms with Crippen molar-refractivity contribution >= 4 is 40.2 Å². The first-order valence-electron chi connectivity index (χ1n) is 6.52. The van der Waals surface area contributed by atoms with Crippen molar-refractivity contribution in [3.05, 3.63) is 69.5 Å². The van der Waals surface area contributed by atoms with Crippen LogP contribution in [0.15, 0.2) is 64.0 Å². The highest BCUT2D eigenvalue weighted by Crippen LogP contribution is 2.27. The Balaban J connectivity index is 2.12. The van der Waals surface area contributed by atoms with Crippen LogP contribution in [-0.4, -0.2) is 4.57 Å². The van der Waals surface area contributed by atoms with Crippen LogP contribution >= 0.6 is 34.5 Å². The zero-order valence-electron chi connectivity index (χ0n) is 11.5. The van der Waals surface area contributed by atoms with Gasteiger partial charge in [0.15, 0.2) is 10.6 Å². The quantitative estimate of drug-likeness (QED) is 0.568. The summed E-state index contributed by atoms with van der Waals surface area (Å²) < 4.78 is 7.52. The molecule has 2 heterocycles. The topological polar surface area (TPSA) is 30.4 Å². The number of allylic oxidation sites excluding steroid dienone is 1. The van der Waals surface area contributed by atoms with Gasteiger partial charge < -0.3 is 8.98 Å². The van der Waals surface area contributed by atoms with Crippen LogP contribution in [0.25, 0.3) is 11.5 Å². The summed E-state index contributed by atoms with van der Waals surface area (Å²) in [6.45, 7) is 4.44. The van der Waals surface area contributed by atoms with Gasteiger partial charge in [0.25, 0.3) is 0 Å². The molecule has 0 aliphatic carbocycles. The number of rotatable bonds is 4. The van der Waals surface area contributed by atoms with Crippen LogP contribution < -0.4 is 4.80 Å². The summed E-state index contributed by atoms with van der Waals surface area (Å²) in [5.41, 5.74) is 1.72. The number of halogens is 2. The standard InChI is InChI=1S/C16H12Cl2N2OS/c1-2-7-20-14(15-4-3-8-21-15)10-22-16(20)19-11-5-6-12(17)13(18)9-11/h2-6,8-10H,1,7H2. The molecule has 0 N–H and O–H groups in total. The van der Waals surface area contributed by atoms with Gasteiger partial charge in [-0.25, -0.2) is 4.99 Å². The minimum Gasteiger partial charge on any atom is -0.463 e. The smallest absolute Gasteiger partial charge is 0.190 e. The molecule has 0 atom stereocenters. The molecular formula is C16H12Cl2N2OS. The van der Waals surface area contributed by atoms with E-state index in [-0.39, 0.29) is 0 Å². The van der Waals surface area contributed by atoms with Crippen molar-refractivity contribution in [3.63, 3.8) is 0 Å². The van der Waals surface area contributed by atoms with Gasteiger partial charge in [-0.2, -0.15) is 0 Å². The molecule has 0 saturated heterocycles. The molecule has 0 spiro atoms. The van der Waals surface area contributed by atoms with Crippen LogP contribution in [0.1, 0.15) is 0 Å². The highest BCUT2D eigenvalue weighted by Gasteiger charge is 2.09. The zero-order valence-corrected chi connectivity index (χ0v) is 13.8. The largest absolute Gasteiger partial charge is 0.463 e. The lowest BCUT2D eigenvalue weighted by Crippen LogP contribution is -2.14. The summed E-state index contributed by atoms with van der Waals surface area (Å²) in [6.07, 6.45) is 3.48. The summed E-state index contributed by atoms with van der Waals surface area (Å²) in [5, 5.41) is 3.02. The Morgan fingerprint density at radius 1 is 1.27 bits per heavy atom. The molecule has 0 aliphatic heterocycles. The highest BCUT2D eigenvalue weighted by molar-refractivity contribution is 7.07. The van der Waals surface area contributed by atoms with Crippen molar-refractivity contribution in [2.75, 3.05) is 0 Å². The molecule has 0 amide bonds. The van der Waals surface area contributed by atoms with E-state index in [0.717, 1.165) is 21.9 Å². The van der Waals surface area contributed by atoms with Gasteiger partial charge in [0, 0.05) is 11.9 Å². The summed E-state index contributed by atoms with van der Waals surface area (Å²) in [6, 6.07) is 9.10. The van der Waals surface area contributed by atoms with E-state index in [0.29, 0.717) is 16.6 Å². The van der Waals surface area contributed by atoms with Crippen molar-refractivity contribution in [2.24, 2.45) is 4.99 Å². The Hall–Kier alpha value is -1.75. The van der Waals surface area contributed by atoms with Crippen LogP contribution in [0.4, 0.5) is 5.69 Å². The van der Waals surface area contributed by atoms with Crippen LogP contribution in [0.3, 0.4) is 0 Å². The maximum Gasteiger partial charge on any atom is 0.190 e. The van der Waals surface area contributed by atoms with Crippen molar-refractivity contribution < 1.29 is 4.42 Å². The minimum atomic E-state index is 0.487. The molecule has 3 rings (SSSR count). The van der Waals surface area contributed by atoms with E-state index in [2.05, 4.69) is 11.6 Å². The van der Waals surface area contributed by atoms with Gasteiger partial charge in [-0.05, 0) is 30.3 Å². The van der Waals surface area contributed by atoms with Crippen LogP contribution in [0.2, 0.25) is 10.0 Å². The van der Waals surface area contributed by atoms with E-state index in [1.165, 1.54) is 11.3 Å². The van der Waals surface area contributed by atoms with Gasteiger partial charge in [-0.15, -0.1) is 17.9 Å². The summed E-state index contributed by atoms with van der Waals surface area (Å²) in [4.78, 5) is 5.48. The SMILES string of the molecule is C=CCn1c(-c2ccco2)csc1=Nc1ccc(Cl)c(Cl)c1. The first kappa shape index (κ1) is 15.2. The maximum atomic E-state index is 6.04. The van der Waals surface area contributed by atoms with Crippen LogP contribution in [-0.2, 0) is 6.54 Å². The van der Waals surface area contributed by atoms with E-state index in [1.807, 2.05) is 34.2 Å². The number of furan rings is 1. The van der Waals surface area contributed by atoms with Crippen molar-refractivity contribution in [3.8, 4) is 11.5 Å². The Morgan fingerprint density at radius 2 is 2.14 bits per heavy atom. The predicted molar refractivity (Wildman–Crippen MR) is 91.9 cm³/mol. The molecule has 0 aliphatic rings. The van der Waals surface area contributed by atoms with E-state index < -0.39 is 0 Å². The fourth-order valence-electron chi connectivity index (χ4n) is 2.01. The molecule has 0 radical (unpaired) electrons. The molecule has 112 valence electrons. The molecule has 3 nitrogen and oxygen atoms in total. The molecule has 1 aromatic carbocycles. The van der Waals surface area contributed by atoms with Gasteiger partial charge in [-0.3, -0.25) is 0 Å². The Bertz CT molecular complexity index is 863. The second-order valence-corrected chi connectivity index (χ2v) is 6.14. The van der Waals surface area contributed by atoms with E-state index >= 15 is 0 Å². The number of thiazole rings is 1. The molecule has 0 unspecified atom stereocenters. The molecule has 22 heavy (non-hydrogen) atoms. The molecule has 0 fully saturated rings. The van der Waals surface area contributed by atoms with Gasteiger partial charge in [0.1, 0.15) is 0 Å². The predicted octanol–water partition coefficient (Wildman–Crippen LogP) is 5.53. The Labute approximate surface area is 141 Å². The van der Waals surface area contributed by atoms with Crippen molar-refractivity contribution in [1.29, 1.82) is 0 Å². The monoisotopic (exact) mass is 350 g/mol. The Kier molecular flexibility index (Phi) is 4.52. The van der Waals surface area contributed by atoms with E-state index in [4.69, 9.17) is 27.6 Å². The first-order chi connectivity index (χ1) is 10.7. The normalized spacial score (nSPS) is 11.8. The highest BCUT2D eigenvalue weighted by atomic mass is 35.5. The van der Waals surface area contributed by atoms with E-state index in [9.17, 15) is 0 Å². The number of hydrogen-bond acceptors (Lipinski definition) is 3. The molecular weight excluding hydrogens is 339 g/mol. The third-order valence-electron chi connectivity index (χ3n) is 3.01. The average Bonchev–Trinajstić information content (AvgIpc) is 3.14. The minimum absolute atomic E-state index is 0.487. The number of benzene rings is 1. The second-order valence-electron chi connectivity index (χ2n) is 4.49. The Morgan fingerprint density at radius 3 is 2.82 bits per heavy atom. The van der Waals surface area contributed by atoms with Crippen LogP contribution in [0.5, 0.6) is 0 Å². The molecule has 3 aromatic rings. The summed E-state index contributed by atoms with van der Waals surface area (Å²) in [5.74, 6) is 0.800. The van der Waals surface area contributed by atoms with E-state index in [1.54, 1.807) is 18.4 Å². The number of nitrogens with zero attached hydrogens (tertiary/aromatic N) is 2.